The van der Waals surface area contributed by atoms with Crippen LogP contribution in [0.5, 0.6) is 5.75 Å². The molecule has 1 aliphatic rings. The van der Waals surface area contributed by atoms with Crippen molar-refractivity contribution in [2.24, 2.45) is 0 Å². The van der Waals surface area contributed by atoms with Crippen LogP contribution in [0.4, 0.5) is 4.39 Å². The molecule has 0 fully saturated rings. The van der Waals surface area contributed by atoms with E-state index in [9.17, 15) is 14.0 Å². The molecule has 1 amide bonds. The van der Waals surface area contributed by atoms with Gasteiger partial charge in [-0.2, -0.15) is 0 Å². The molecule has 8 heteroatoms. The van der Waals surface area contributed by atoms with Crippen molar-refractivity contribution in [3.63, 3.8) is 0 Å². The van der Waals surface area contributed by atoms with Gasteiger partial charge in [-0.1, -0.05) is 0 Å². The first-order valence-electron chi connectivity index (χ1n) is 9.12. The normalized spacial score (nSPS) is 13.0. The average Bonchev–Trinajstić information content (AvgIpc) is 3.28. The molecule has 6 nitrogen and oxygen atoms in total. The van der Waals surface area contributed by atoms with Gasteiger partial charge in [-0.05, 0) is 43.2 Å². The number of nitrogens with zero attached hydrogens (tertiary/aromatic N) is 3. The lowest BCUT2D eigenvalue weighted by Crippen LogP contribution is -2.30. The summed E-state index contributed by atoms with van der Waals surface area (Å²) < 4.78 is 20.2. The Hall–Kier alpha value is -2.74. The number of aryl methyl sites for hydroxylation is 2. The molecule has 0 saturated carbocycles. The van der Waals surface area contributed by atoms with E-state index >= 15 is 0 Å². The second kappa shape index (κ2) is 7.35. The summed E-state index contributed by atoms with van der Waals surface area (Å²) in [5.74, 6) is 0.869. The topological polar surface area (TPSA) is 64.4 Å². The van der Waals surface area contributed by atoms with E-state index in [1.54, 1.807) is 35.6 Å². The summed E-state index contributed by atoms with van der Waals surface area (Å²) in [5.41, 5.74) is 0.642. The van der Waals surface area contributed by atoms with Crippen LogP contribution in [0.1, 0.15) is 27.5 Å². The van der Waals surface area contributed by atoms with E-state index in [0.29, 0.717) is 39.5 Å². The molecule has 2 aromatic heterocycles. The molecule has 0 atom stereocenters. The molecule has 4 rings (SSSR count). The average molecular weight is 401 g/mol. The van der Waals surface area contributed by atoms with E-state index in [1.165, 1.54) is 23.5 Å². The zero-order valence-corrected chi connectivity index (χ0v) is 16.5. The van der Waals surface area contributed by atoms with Crippen molar-refractivity contribution in [2.75, 3.05) is 20.2 Å². The third-order valence-corrected chi connectivity index (χ3v) is 6.14. The van der Waals surface area contributed by atoms with Gasteiger partial charge in [-0.15, -0.1) is 11.3 Å². The zero-order valence-electron chi connectivity index (χ0n) is 15.7. The van der Waals surface area contributed by atoms with Gasteiger partial charge in [0.2, 0.25) is 0 Å². The highest BCUT2D eigenvalue weighted by atomic mass is 32.1. The molecule has 0 saturated heterocycles. The first-order chi connectivity index (χ1) is 13.5. The van der Waals surface area contributed by atoms with E-state index in [-0.39, 0.29) is 23.9 Å². The summed E-state index contributed by atoms with van der Waals surface area (Å²) in [6.45, 7) is 3.15. The Morgan fingerprint density at radius 3 is 2.86 bits per heavy atom. The number of halogens is 1. The molecule has 3 aromatic rings. The van der Waals surface area contributed by atoms with Gasteiger partial charge >= 0.3 is 0 Å². The van der Waals surface area contributed by atoms with Crippen molar-refractivity contribution in [1.29, 1.82) is 0 Å². The van der Waals surface area contributed by atoms with Crippen LogP contribution in [0.2, 0.25) is 0 Å². The predicted octanol–water partition coefficient (Wildman–Crippen LogP) is 3.00. The highest BCUT2D eigenvalue weighted by Crippen LogP contribution is 2.29. The van der Waals surface area contributed by atoms with Crippen LogP contribution in [-0.4, -0.2) is 40.6 Å². The summed E-state index contributed by atoms with van der Waals surface area (Å²) in [5, 5.41) is 0.551. The van der Waals surface area contributed by atoms with Gasteiger partial charge in [0.05, 0.1) is 16.8 Å². The Balaban J connectivity index is 1.50. The van der Waals surface area contributed by atoms with Gasteiger partial charge in [-0.3, -0.25) is 14.2 Å². The number of hydrogen-bond donors (Lipinski definition) is 0. The fraction of sp³-hybridized carbons (Fsp3) is 0.350. The van der Waals surface area contributed by atoms with Crippen LogP contribution in [0.25, 0.3) is 10.2 Å². The Morgan fingerprint density at radius 1 is 1.36 bits per heavy atom. The largest absolute Gasteiger partial charge is 0.492 e. The number of benzene rings is 1. The van der Waals surface area contributed by atoms with Crippen molar-refractivity contribution in [3.8, 4) is 5.75 Å². The zero-order chi connectivity index (χ0) is 19.8. The van der Waals surface area contributed by atoms with Crippen molar-refractivity contribution in [3.05, 3.63) is 56.7 Å². The maximum Gasteiger partial charge on any atom is 0.264 e. The van der Waals surface area contributed by atoms with Crippen LogP contribution in [0.15, 0.2) is 29.1 Å². The van der Waals surface area contributed by atoms with Gasteiger partial charge in [0.25, 0.3) is 11.5 Å². The third-order valence-electron chi connectivity index (χ3n) is 4.96. The van der Waals surface area contributed by atoms with Crippen molar-refractivity contribution >= 4 is 27.5 Å². The van der Waals surface area contributed by atoms with E-state index < -0.39 is 0 Å². The molecule has 0 unspecified atom stereocenters. The van der Waals surface area contributed by atoms with Crippen LogP contribution >= 0.6 is 11.3 Å². The molecular weight excluding hydrogens is 381 g/mol. The first kappa shape index (κ1) is 18.6. The molecule has 0 aliphatic carbocycles. The highest BCUT2D eigenvalue weighted by molar-refractivity contribution is 7.20. The lowest BCUT2D eigenvalue weighted by molar-refractivity contribution is 0.0778. The molecule has 3 heterocycles. The number of thiophene rings is 1. The van der Waals surface area contributed by atoms with E-state index in [1.807, 2.05) is 0 Å². The van der Waals surface area contributed by atoms with Crippen LogP contribution < -0.4 is 10.3 Å². The van der Waals surface area contributed by atoms with E-state index in [2.05, 4.69) is 4.98 Å². The smallest absolute Gasteiger partial charge is 0.264 e. The van der Waals surface area contributed by atoms with Crippen molar-refractivity contribution in [1.82, 2.24) is 14.5 Å². The number of carbonyl (C=O) groups excluding carboxylic acids is 1. The van der Waals surface area contributed by atoms with Gasteiger partial charge in [0, 0.05) is 20.0 Å². The third kappa shape index (κ3) is 3.28. The molecule has 28 heavy (non-hydrogen) atoms. The first-order valence-corrected chi connectivity index (χ1v) is 9.94. The quantitative estimate of drug-likeness (QED) is 0.659. The molecule has 146 valence electrons. The van der Waals surface area contributed by atoms with Crippen LogP contribution in [0, 0.1) is 12.7 Å². The molecule has 0 bridgehead atoms. The van der Waals surface area contributed by atoms with Crippen molar-refractivity contribution < 1.29 is 13.9 Å². The van der Waals surface area contributed by atoms with Gasteiger partial charge in [-0.25, -0.2) is 9.37 Å². The Kier molecular flexibility index (Phi) is 4.89. The monoisotopic (exact) mass is 401 g/mol. The summed E-state index contributed by atoms with van der Waals surface area (Å²) in [6, 6.07) is 5.75. The SMILES string of the molecule is Cc1c(C(=O)N(C)CCOc2ccc(F)cc2)sc2nc3n(c(=O)c12)CCC3. The number of fused-ring (bicyclic) bond motifs is 2. The summed E-state index contributed by atoms with van der Waals surface area (Å²) in [6.07, 6.45) is 1.73. The number of rotatable bonds is 5. The summed E-state index contributed by atoms with van der Waals surface area (Å²) in [4.78, 5) is 33.0. The fourth-order valence-electron chi connectivity index (χ4n) is 3.39. The second-order valence-electron chi connectivity index (χ2n) is 6.85. The molecule has 0 N–H and O–H groups in total. The highest BCUT2D eigenvalue weighted by Gasteiger charge is 2.24. The van der Waals surface area contributed by atoms with E-state index in [4.69, 9.17) is 4.74 Å². The molecule has 1 aromatic carbocycles. The minimum Gasteiger partial charge on any atom is -0.492 e. The number of hydrogen-bond acceptors (Lipinski definition) is 5. The number of ether oxygens (including phenoxy) is 1. The van der Waals surface area contributed by atoms with Gasteiger partial charge < -0.3 is 9.64 Å². The number of aromatic nitrogens is 2. The van der Waals surface area contributed by atoms with Crippen LogP contribution in [-0.2, 0) is 13.0 Å². The van der Waals surface area contributed by atoms with Crippen LogP contribution in [0.3, 0.4) is 0 Å². The number of amides is 1. The summed E-state index contributed by atoms with van der Waals surface area (Å²) >= 11 is 1.27. The predicted molar refractivity (Wildman–Crippen MR) is 106 cm³/mol. The Bertz CT molecular complexity index is 1100. The minimum atomic E-state index is -0.324. The van der Waals surface area contributed by atoms with Crippen molar-refractivity contribution in [2.45, 2.75) is 26.3 Å². The van der Waals surface area contributed by atoms with Gasteiger partial charge in [0.15, 0.2) is 0 Å². The molecule has 1 aliphatic heterocycles. The number of likely N-dealkylation sites (N-methyl/N-ethyl adjacent to an activating group) is 1. The lowest BCUT2D eigenvalue weighted by Gasteiger charge is -2.17. The Morgan fingerprint density at radius 2 is 2.11 bits per heavy atom. The maximum absolute atomic E-state index is 12.9. The van der Waals surface area contributed by atoms with E-state index in [0.717, 1.165) is 18.7 Å². The number of carbonyl (C=O) groups is 1. The maximum atomic E-state index is 12.9. The van der Waals surface area contributed by atoms with Gasteiger partial charge in [0.1, 0.15) is 28.8 Å². The molecule has 0 spiro atoms. The molecular formula is C20H20FN3O3S. The minimum absolute atomic E-state index is 0.0485. The Labute approximate surface area is 165 Å². The second-order valence-corrected chi connectivity index (χ2v) is 7.85. The lowest BCUT2D eigenvalue weighted by atomic mass is 10.2. The molecule has 0 radical (unpaired) electrons. The summed E-state index contributed by atoms with van der Waals surface area (Å²) in [7, 11) is 1.69. The standard InChI is InChI=1S/C20H20FN3O3S/c1-12-16-18(22-15-4-3-9-24(15)19(16)25)28-17(12)20(26)23(2)10-11-27-14-7-5-13(21)6-8-14/h5-8H,3-4,9-11H2,1-2H3. The fourth-order valence-corrected chi connectivity index (χ4v) is 4.57.